The normalized spacial score (nSPS) is 23.5. The molecule has 22 heteroatoms. The summed E-state index contributed by atoms with van der Waals surface area (Å²) in [6, 6.07) is 2.99. The molecule has 0 aliphatic carbocycles. The Hall–Kier alpha value is -6.78. The third-order valence-electron chi connectivity index (χ3n) is 10.8. The van der Waals surface area contributed by atoms with Gasteiger partial charge in [0.05, 0.1) is 36.3 Å². The third kappa shape index (κ3) is 9.54. The molecule has 0 bridgehead atoms. The van der Waals surface area contributed by atoms with Crippen molar-refractivity contribution in [2.75, 3.05) is 24.7 Å². The molecule has 2 aliphatic heterocycles. The van der Waals surface area contributed by atoms with Gasteiger partial charge in [0.2, 0.25) is 17.7 Å². The number of rotatable bonds is 11. The van der Waals surface area contributed by atoms with Gasteiger partial charge in [-0.2, -0.15) is 4.39 Å². The average molecular weight is 938 g/mol. The zero-order valence-corrected chi connectivity index (χ0v) is 37.0. The topological polar surface area (TPSA) is 228 Å². The molecule has 1 aromatic carbocycles. The monoisotopic (exact) mass is 937 g/mol. The predicted molar refractivity (Wildman–Crippen MR) is 233 cm³/mol. The van der Waals surface area contributed by atoms with Gasteiger partial charge in [-0.1, -0.05) is 17.8 Å². The van der Waals surface area contributed by atoms with Crippen LogP contribution in [0.15, 0.2) is 59.2 Å². The number of aliphatic imine (C=N–C) groups is 2. The van der Waals surface area contributed by atoms with Crippen molar-refractivity contribution >= 4 is 55.2 Å². The summed E-state index contributed by atoms with van der Waals surface area (Å²) >= 11 is 0. The van der Waals surface area contributed by atoms with E-state index in [0.717, 1.165) is 55.3 Å². The Morgan fingerprint density at radius 2 is 1.25 bits per heavy atom. The van der Waals surface area contributed by atoms with Crippen molar-refractivity contribution in [2.45, 2.75) is 61.6 Å². The number of aromatic nitrogens is 5. The molecule has 65 heavy (non-hydrogen) atoms. The second-order valence-corrected chi connectivity index (χ2v) is 21.0. The van der Waals surface area contributed by atoms with E-state index in [0.29, 0.717) is 0 Å². The number of ether oxygens (including phenoxy) is 2. The summed E-state index contributed by atoms with van der Waals surface area (Å²) in [7, 11) is -8.15. The number of benzene rings is 1. The highest BCUT2D eigenvalue weighted by Gasteiger charge is 2.52. The van der Waals surface area contributed by atoms with Gasteiger partial charge in [0.1, 0.15) is 43.6 Å². The van der Waals surface area contributed by atoms with Crippen molar-refractivity contribution in [3.05, 3.63) is 100 Å². The molecule has 0 saturated heterocycles. The van der Waals surface area contributed by atoms with Crippen molar-refractivity contribution in [2.24, 2.45) is 21.5 Å². The Kier molecular flexibility index (Phi) is 13.0. The van der Waals surface area contributed by atoms with Crippen LogP contribution >= 0.6 is 0 Å². The molecule has 2 aliphatic rings. The van der Waals surface area contributed by atoms with E-state index in [1.165, 1.54) is 40.7 Å². The first-order chi connectivity index (χ1) is 30.3. The number of amidine groups is 2. The van der Waals surface area contributed by atoms with E-state index in [9.17, 15) is 25.6 Å². The zero-order valence-electron chi connectivity index (χ0n) is 35.3. The third-order valence-corrected chi connectivity index (χ3v) is 16.2. The van der Waals surface area contributed by atoms with Crippen LogP contribution in [0.3, 0.4) is 0 Å². The smallest absolute Gasteiger partial charge is 0.233 e. The number of halogens is 5. The fourth-order valence-corrected chi connectivity index (χ4v) is 10.3. The fraction of sp³-hybridized carbons (Fsp3) is 0.326. The largest absolute Gasteiger partial charge is 0.463 e. The molecule has 0 fully saturated rings. The molecule has 3 aromatic heterocycles. The molecule has 0 amide bonds. The summed E-state index contributed by atoms with van der Waals surface area (Å²) in [6.07, 6.45) is 11.9. The minimum atomic E-state index is -4.29. The Morgan fingerprint density at radius 1 is 0.708 bits per heavy atom. The second kappa shape index (κ2) is 17.7. The number of pyridine rings is 1. The van der Waals surface area contributed by atoms with Gasteiger partial charge in [0.15, 0.2) is 56.2 Å². The summed E-state index contributed by atoms with van der Waals surface area (Å²) in [6.45, 7) is 6.31. The number of nitrogens with two attached hydrogens (primary N) is 2. The van der Waals surface area contributed by atoms with Gasteiger partial charge in [-0.05, 0) is 76.1 Å². The van der Waals surface area contributed by atoms with Crippen molar-refractivity contribution in [1.82, 2.24) is 24.9 Å². The standard InChI is InChI=1S/C43H40F5N9O6S2/c1-7-11-62-34-21-51-32(19-53-34)29(44)15-25-13-27(36(47)31(46)16-25)41(4)24-65(60,61)43(6,39(50)57-41)10-8-9-12-63-35-22-52-33(20-54-35)30(45)17-26-14-28(37(48)55-18-26)42(5)23-64(58,59)40(2,3)38(49)56-42/h1,13-22H,10-12,23-24H2,2-6H3,(H2,49,56)(H2,50,57)/b29-15-,30-17-/t41-,42-,43?/m0/s1. The van der Waals surface area contributed by atoms with Gasteiger partial charge in [-0.25, -0.2) is 59.3 Å². The van der Waals surface area contributed by atoms with Crippen LogP contribution in [-0.2, 0) is 30.8 Å². The maximum Gasteiger partial charge on any atom is 0.233 e. The maximum atomic E-state index is 15.4. The summed E-state index contributed by atoms with van der Waals surface area (Å²) in [5, 5.41) is 0. The minimum Gasteiger partial charge on any atom is -0.463 e. The Balaban J connectivity index is 1.12. The number of hydrogen-bond acceptors (Lipinski definition) is 15. The number of sulfone groups is 2. The van der Waals surface area contributed by atoms with E-state index >= 15 is 13.2 Å². The number of terminal acetylenes is 1. The lowest BCUT2D eigenvalue weighted by Gasteiger charge is -2.39. The van der Waals surface area contributed by atoms with Crippen LogP contribution in [0.2, 0.25) is 0 Å². The first-order valence-corrected chi connectivity index (χ1v) is 22.5. The molecule has 0 saturated carbocycles. The lowest BCUT2D eigenvalue weighted by molar-refractivity contribution is 0.353. The van der Waals surface area contributed by atoms with Crippen LogP contribution in [0.4, 0.5) is 22.0 Å². The van der Waals surface area contributed by atoms with Crippen LogP contribution in [0.5, 0.6) is 11.8 Å². The molecule has 4 aromatic rings. The van der Waals surface area contributed by atoms with Gasteiger partial charge in [0.25, 0.3) is 0 Å². The highest BCUT2D eigenvalue weighted by Crippen LogP contribution is 2.41. The molecule has 0 spiro atoms. The van der Waals surface area contributed by atoms with Gasteiger partial charge in [0, 0.05) is 23.7 Å². The Morgan fingerprint density at radius 3 is 1.80 bits per heavy atom. The van der Waals surface area contributed by atoms with E-state index in [1.807, 2.05) is 0 Å². The molecular formula is C43H40F5N9O6S2. The Bertz CT molecular complexity index is 3020. The molecule has 15 nitrogen and oxygen atoms in total. The van der Waals surface area contributed by atoms with Crippen LogP contribution in [0.1, 0.15) is 74.7 Å². The maximum absolute atomic E-state index is 15.4. The summed E-state index contributed by atoms with van der Waals surface area (Å²) in [4.78, 5) is 28.0. The van der Waals surface area contributed by atoms with Crippen LogP contribution < -0.4 is 20.9 Å². The van der Waals surface area contributed by atoms with Crippen molar-refractivity contribution in [3.63, 3.8) is 0 Å². The van der Waals surface area contributed by atoms with Crippen LogP contribution in [0, 0.1) is 41.8 Å². The van der Waals surface area contributed by atoms with Gasteiger partial charge < -0.3 is 20.9 Å². The van der Waals surface area contributed by atoms with E-state index < -0.39 is 92.4 Å². The lowest BCUT2D eigenvalue weighted by atomic mass is 9.91. The molecule has 4 N–H and O–H groups in total. The average Bonchev–Trinajstić information content (AvgIpc) is 3.23. The van der Waals surface area contributed by atoms with Gasteiger partial charge >= 0.3 is 0 Å². The van der Waals surface area contributed by atoms with Crippen molar-refractivity contribution in [3.8, 4) is 35.9 Å². The Labute approximate surface area is 371 Å². The van der Waals surface area contributed by atoms with E-state index in [-0.39, 0.29) is 65.3 Å². The molecule has 0 radical (unpaired) electrons. The molecule has 3 atom stereocenters. The molecule has 1 unspecified atom stereocenters. The van der Waals surface area contributed by atoms with Crippen molar-refractivity contribution < 1.29 is 48.3 Å². The summed E-state index contributed by atoms with van der Waals surface area (Å²) < 4.78 is 137. The van der Waals surface area contributed by atoms with Crippen LogP contribution in [0.25, 0.3) is 23.8 Å². The molecule has 6 rings (SSSR count). The number of nitrogens with zero attached hydrogens (tertiary/aromatic N) is 7. The summed E-state index contributed by atoms with van der Waals surface area (Å²) in [5.74, 6) is -0.186. The van der Waals surface area contributed by atoms with E-state index in [2.05, 4.69) is 52.7 Å². The quantitative estimate of drug-likeness (QED) is 0.114. The SMILES string of the molecule is C#CCOc1cnc(/C(F)=C/c2cc(F)c(F)c([C@]3(C)CS(=O)(=O)C(C)(CC#CCOc4cnc(/C(F)=C/c5cnc(F)c([C@]6(C)CS(=O)(=O)C(C)(C)C(N)=N6)c5)cn4)C(N)=N3)c2)cn1. The lowest BCUT2D eigenvalue weighted by Crippen LogP contribution is -2.56. The highest BCUT2D eigenvalue weighted by molar-refractivity contribution is 7.94. The number of hydrogen-bond donors (Lipinski definition) is 2. The van der Waals surface area contributed by atoms with E-state index in [1.54, 1.807) is 0 Å². The minimum absolute atomic E-state index is 0.0339. The van der Waals surface area contributed by atoms with Crippen LogP contribution in [-0.4, -0.2) is 87.6 Å². The predicted octanol–water partition coefficient (Wildman–Crippen LogP) is 5.04. The van der Waals surface area contributed by atoms with Gasteiger partial charge in [-0.15, -0.1) is 6.42 Å². The second-order valence-electron chi connectivity index (χ2n) is 16.0. The molecular weight excluding hydrogens is 898 g/mol. The van der Waals surface area contributed by atoms with Crippen molar-refractivity contribution in [1.29, 1.82) is 0 Å². The summed E-state index contributed by atoms with van der Waals surface area (Å²) in [5.41, 5.74) is 7.34. The van der Waals surface area contributed by atoms with Gasteiger partial charge in [-0.3, -0.25) is 9.98 Å². The first-order valence-electron chi connectivity index (χ1n) is 19.2. The highest BCUT2D eigenvalue weighted by atomic mass is 32.2. The molecule has 340 valence electrons. The first kappa shape index (κ1) is 47.7. The fourth-order valence-electron chi connectivity index (χ4n) is 6.71. The molecule has 5 heterocycles. The zero-order chi connectivity index (χ0) is 47.8. The van der Waals surface area contributed by atoms with E-state index in [4.69, 9.17) is 27.4 Å².